The molecule has 2 nitrogen and oxygen atoms in total. The highest BCUT2D eigenvalue weighted by atomic mass is 79.9. The molecule has 0 saturated carbocycles. The first kappa shape index (κ1) is 17.7. The lowest BCUT2D eigenvalue weighted by molar-refractivity contribution is 0.257. The van der Waals surface area contributed by atoms with Gasteiger partial charge in [-0.2, -0.15) is 0 Å². The van der Waals surface area contributed by atoms with E-state index < -0.39 is 0 Å². The van der Waals surface area contributed by atoms with Gasteiger partial charge in [0.25, 0.3) is 0 Å². The van der Waals surface area contributed by atoms with Gasteiger partial charge in [0.15, 0.2) is 0 Å². The van der Waals surface area contributed by atoms with Gasteiger partial charge in [-0.15, -0.1) is 0 Å². The van der Waals surface area contributed by atoms with Gasteiger partial charge < -0.3 is 10.2 Å². The molecule has 1 atom stereocenters. The van der Waals surface area contributed by atoms with Crippen LogP contribution in [0.5, 0.6) is 0 Å². The van der Waals surface area contributed by atoms with E-state index in [-0.39, 0.29) is 0 Å². The Kier molecular flexibility index (Phi) is 9.16. The number of hydrogen-bond donors (Lipinski definition) is 1. The summed E-state index contributed by atoms with van der Waals surface area (Å²) in [4.78, 5) is 2.58. The third-order valence-corrected chi connectivity index (χ3v) is 4.27. The minimum atomic E-state index is 0.437. The molecule has 0 spiro atoms. The Morgan fingerprint density at radius 3 is 2.25 bits per heavy atom. The first-order valence-electron chi connectivity index (χ1n) is 7.93. The van der Waals surface area contributed by atoms with E-state index in [0.717, 1.165) is 13.0 Å². The molecule has 1 unspecified atom stereocenters. The molecule has 0 amide bonds. The van der Waals surface area contributed by atoms with Crippen LogP contribution in [0.1, 0.15) is 51.6 Å². The van der Waals surface area contributed by atoms with Crippen LogP contribution in [-0.4, -0.2) is 31.1 Å². The van der Waals surface area contributed by atoms with Crippen molar-refractivity contribution >= 4 is 15.9 Å². The van der Waals surface area contributed by atoms with Crippen LogP contribution in [0.4, 0.5) is 0 Å². The van der Waals surface area contributed by atoms with Gasteiger partial charge in [-0.3, -0.25) is 0 Å². The largest absolute Gasteiger partial charge is 0.310 e. The summed E-state index contributed by atoms with van der Waals surface area (Å²) in [5, 5.41) is 3.62. The van der Waals surface area contributed by atoms with Crippen molar-refractivity contribution in [2.24, 2.45) is 0 Å². The van der Waals surface area contributed by atoms with Gasteiger partial charge in [0, 0.05) is 10.5 Å². The van der Waals surface area contributed by atoms with E-state index in [1.54, 1.807) is 0 Å². The molecule has 0 heterocycles. The summed E-state index contributed by atoms with van der Waals surface area (Å²) >= 11 is 3.68. The van der Waals surface area contributed by atoms with Gasteiger partial charge in [-0.25, -0.2) is 0 Å². The molecule has 1 aromatic carbocycles. The fourth-order valence-electron chi connectivity index (χ4n) is 2.65. The van der Waals surface area contributed by atoms with Gasteiger partial charge >= 0.3 is 0 Å². The Morgan fingerprint density at radius 2 is 1.70 bits per heavy atom. The maximum absolute atomic E-state index is 3.68. The lowest BCUT2D eigenvalue weighted by Gasteiger charge is -2.25. The van der Waals surface area contributed by atoms with Crippen molar-refractivity contribution in [3.05, 3.63) is 34.3 Å². The molecule has 0 aromatic heterocycles. The standard InChI is InChI=1S/C17H29BrN2/c1-4-12-20(13-5-2)14-11-17(19-6-3)15-9-7-8-10-16(15)18/h7-10,17,19H,4-6,11-14H2,1-3H3. The number of nitrogens with one attached hydrogen (secondary N) is 1. The van der Waals surface area contributed by atoms with E-state index in [4.69, 9.17) is 0 Å². The summed E-state index contributed by atoms with van der Waals surface area (Å²) in [7, 11) is 0. The number of benzene rings is 1. The highest BCUT2D eigenvalue weighted by molar-refractivity contribution is 9.10. The Morgan fingerprint density at radius 1 is 1.05 bits per heavy atom. The van der Waals surface area contributed by atoms with E-state index in [9.17, 15) is 0 Å². The Hall–Kier alpha value is -0.380. The highest BCUT2D eigenvalue weighted by Gasteiger charge is 2.14. The van der Waals surface area contributed by atoms with E-state index in [2.05, 4.69) is 71.2 Å². The van der Waals surface area contributed by atoms with Crippen LogP contribution >= 0.6 is 15.9 Å². The van der Waals surface area contributed by atoms with Crippen molar-refractivity contribution in [2.75, 3.05) is 26.2 Å². The maximum atomic E-state index is 3.68. The van der Waals surface area contributed by atoms with Crippen molar-refractivity contribution in [3.63, 3.8) is 0 Å². The predicted molar refractivity (Wildman–Crippen MR) is 92.2 cm³/mol. The van der Waals surface area contributed by atoms with Crippen LogP contribution in [-0.2, 0) is 0 Å². The lowest BCUT2D eigenvalue weighted by Crippen LogP contribution is -2.31. The molecule has 0 aliphatic heterocycles. The van der Waals surface area contributed by atoms with Crippen molar-refractivity contribution in [2.45, 2.75) is 46.1 Å². The minimum absolute atomic E-state index is 0.437. The lowest BCUT2D eigenvalue weighted by atomic mass is 10.0. The van der Waals surface area contributed by atoms with E-state index in [1.165, 1.54) is 42.5 Å². The molecule has 3 heteroatoms. The molecule has 0 aliphatic carbocycles. The Balaban J connectivity index is 2.65. The summed E-state index contributed by atoms with van der Waals surface area (Å²) in [5.41, 5.74) is 1.38. The van der Waals surface area contributed by atoms with Crippen molar-refractivity contribution in [1.82, 2.24) is 10.2 Å². The average Bonchev–Trinajstić information content (AvgIpc) is 2.44. The van der Waals surface area contributed by atoms with Gasteiger partial charge in [0.1, 0.15) is 0 Å². The Labute approximate surface area is 133 Å². The molecule has 114 valence electrons. The predicted octanol–water partition coefficient (Wildman–Crippen LogP) is 4.61. The average molecular weight is 341 g/mol. The highest BCUT2D eigenvalue weighted by Crippen LogP contribution is 2.25. The molecule has 1 N–H and O–H groups in total. The van der Waals surface area contributed by atoms with Gasteiger partial charge in [-0.1, -0.05) is 54.9 Å². The van der Waals surface area contributed by atoms with Crippen molar-refractivity contribution in [1.29, 1.82) is 0 Å². The van der Waals surface area contributed by atoms with E-state index >= 15 is 0 Å². The van der Waals surface area contributed by atoms with Gasteiger partial charge in [0.2, 0.25) is 0 Å². The smallest absolute Gasteiger partial charge is 0.0343 e. The Bertz CT molecular complexity index is 362. The third kappa shape index (κ3) is 5.94. The number of hydrogen-bond acceptors (Lipinski definition) is 2. The third-order valence-electron chi connectivity index (χ3n) is 3.54. The molecule has 0 bridgehead atoms. The fourth-order valence-corrected chi connectivity index (χ4v) is 3.21. The van der Waals surface area contributed by atoms with Gasteiger partial charge in [0.05, 0.1) is 0 Å². The monoisotopic (exact) mass is 340 g/mol. The SMILES string of the molecule is CCCN(CCC)CCC(NCC)c1ccccc1Br. The van der Waals surface area contributed by atoms with E-state index in [1.807, 2.05) is 0 Å². The van der Waals surface area contributed by atoms with E-state index in [0.29, 0.717) is 6.04 Å². The molecule has 1 rings (SSSR count). The van der Waals surface area contributed by atoms with Crippen molar-refractivity contribution < 1.29 is 0 Å². The molecule has 1 aromatic rings. The van der Waals surface area contributed by atoms with Crippen LogP contribution in [0, 0.1) is 0 Å². The molecule has 0 saturated heterocycles. The molecule has 0 fully saturated rings. The van der Waals surface area contributed by atoms with Gasteiger partial charge in [-0.05, 0) is 57.1 Å². The molecule has 20 heavy (non-hydrogen) atoms. The second-order valence-electron chi connectivity index (χ2n) is 5.26. The van der Waals surface area contributed by atoms with Crippen molar-refractivity contribution in [3.8, 4) is 0 Å². The summed E-state index contributed by atoms with van der Waals surface area (Å²) in [5.74, 6) is 0. The first-order valence-corrected chi connectivity index (χ1v) is 8.72. The zero-order valence-electron chi connectivity index (χ0n) is 13.2. The normalized spacial score (nSPS) is 12.8. The van der Waals surface area contributed by atoms with Crippen LogP contribution < -0.4 is 5.32 Å². The molecular weight excluding hydrogens is 312 g/mol. The summed E-state index contributed by atoms with van der Waals surface area (Å²) in [6, 6.07) is 9.00. The van der Waals surface area contributed by atoms with Crippen LogP contribution in [0.15, 0.2) is 28.7 Å². The second-order valence-corrected chi connectivity index (χ2v) is 6.12. The summed E-state index contributed by atoms with van der Waals surface area (Å²) < 4.78 is 1.21. The van der Waals surface area contributed by atoms with Crippen LogP contribution in [0.25, 0.3) is 0 Å². The molecular formula is C17H29BrN2. The zero-order chi connectivity index (χ0) is 14.8. The topological polar surface area (TPSA) is 15.3 Å². The zero-order valence-corrected chi connectivity index (χ0v) is 14.7. The number of rotatable bonds is 10. The quantitative estimate of drug-likeness (QED) is 0.668. The maximum Gasteiger partial charge on any atom is 0.0343 e. The number of nitrogens with zero attached hydrogens (tertiary/aromatic N) is 1. The summed E-state index contributed by atoms with van der Waals surface area (Å²) in [6.45, 7) is 11.3. The number of halogens is 1. The first-order chi connectivity index (χ1) is 9.72. The molecule has 0 aliphatic rings. The van der Waals surface area contributed by atoms with Crippen LogP contribution in [0.3, 0.4) is 0 Å². The minimum Gasteiger partial charge on any atom is -0.310 e. The summed E-state index contributed by atoms with van der Waals surface area (Å²) in [6.07, 6.45) is 3.64. The van der Waals surface area contributed by atoms with Crippen LogP contribution in [0.2, 0.25) is 0 Å². The molecule has 0 radical (unpaired) electrons. The second kappa shape index (κ2) is 10.4. The fraction of sp³-hybridized carbons (Fsp3) is 0.647.